The summed E-state index contributed by atoms with van der Waals surface area (Å²) >= 11 is 1.25. The molecule has 7 nitrogen and oxygen atoms in total. The van der Waals surface area contributed by atoms with E-state index in [0.29, 0.717) is 17.2 Å². The van der Waals surface area contributed by atoms with Gasteiger partial charge in [-0.3, -0.25) is 9.59 Å². The number of nitrogens with one attached hydrogen (secondary N) is 2. The summed E-state index contributed by atoms with van der Waals surface area (Å²) in [6, 6.07) is 11.1. The van der Waals surface area contributed by atoms with Crippen LogP contribution in [-0.2, 0) is 8.98 Å². The molecule has 0 aliphatic heterocycles. The molecule has 210 valence electrons. The molecule has 3 saturated carbocycles. The molecule has 3 fully saturated rings. The number of carbonyl (C=O) groups excluding carboxylic acids is 2. The topological polar surface area (TPSA) is 85.9 Å². The molecule has 3 aliphatic carbocycles. The minimum atomic E-state index is -0.275. The largest absolute Gasteiger partial charge is 0.496 e. The minimum absolute atomic E-state index is 0.0431. The lowest BCUT2D eigenvalue weighted by molar-refractivity contribution is -0.122. The Balaban J connectivity index is 1.32. The number of anilines is 1. The smallest absolute Gasteiger partial charge is 0.255 e. The molecule has 3 aliphatic rings. The molecule has 0 aromatic heterocycles. The van der Waals surface area contributed by atoms with Gasteiger partial charge in [0.25, 0.3) is 5.91 Å². The van der Waals surface area contributed by atoms with Gasteiger partial charge < -0.3 is 24.3 Å². The predicted molar refractivity (Wildman–Crippen MR) is 153 cm³/mol. The fourth-order valence-corrected chi connectivity index (χ4v) is 7.22. The first-order valence-electron chi connectivity index (χ1n) is 14.1. The van der Waals surface area contributed by atoms with E-state index in [1.54, 1.807) is 14.2 Å². The van der Waals surface area contributed by atoms with Crippen molar-refractivity contribution >= 4 is 29.5 Å². The highest BCUT2D eigenvalue weighted by Crippen LogP contribution is 2.49. The number of amides is 2. The van der Waals surface area contributed by atoms with E-state index in [9.17, 15) is 9.59 Å². The van der Waals surface area contributed by atoms with E-state index in [1.807, 2.05) is 43.3 Å². The Morgan fingerprint density at radius 2 is 1.72 bits per heavy atom. The maximum absolute atomic E-state index is 13.7. The normalized spacial score (nSPS) is 27.7. The van der Waals surface area contributed by atoms with E-state index < -0.39 is 0 Å². The van der Waals surface area contributed by atoms with Gasteiger partial charge in [-0.1, -0.05) is 13.0 Å². The molecule has 0 saturated heterocycles. The van der Waals surface area contributed by atoms with E-state index in [0.717, 1.165) is 72.8 Å². The van der Waals surface area contributed by atoms with Crippen molar-refractivity contribution in [1.29, 1.82) is 0 Å². The van der Waals surface area contributed by atoms with Crippen LogP contribution in [0.4, 0.5) is 5.69 Å². The monoisotopic (exact) mass is 552 g/mol. The van der Waals surface area contributed by atoms with E-state index in [4.69, 9.17) is 13.7 Å². The highest BCUT2D eigenvalue weighted by molar-refractivity contribution is 7.94. The summed E-state index contributed by atoms with van der Waals surface area (Å²) in [4.78, 5) is 28.1. The van der Waals surface area contributed by atoms with Crippen molar-refractivity contribution in [2.75, 3.05) is 19.5 Å². The van der Waals surface area contributed by atoms with Gasteiger partial charge in [0.15, 0.2) is 0 Å². The molecule has 39 heavy (non-hydrogen) atoms. The highest BCUT2D eigenvalue weighted by atomic mass is 32.2. The number of carbonyl (C=O) groups is 2. The maximum atomic E-state index is 13.7. The van der Waals surface area contributed by atoms with Gasteiger partial charge in [0.05, 0.1) is 31.8 Å². The summed E-state index contributed by atoms with van der Waals surface area (Å²) in [5.74, 6) is 2.01. The Morgan fingerprint density at radius 3 is 2.46 bits per heavy atom. The lowest BCUT2D eigenvalue weighted by Gasteiger charge is -2.31. The Morgan fingerprint density at radius 1 is 0.949 bits per heavy atom. The molecule has 0 spiro atoms. The Labute approximate surface area is 236 Å². The molecule has 2 aromatic rings. The average Bonchev–Trinajstić information content (AvgIpc) is 3.53. The molecular weight excluding hydrogens is 512 g/mol. The van der Waals surface area contributed by atoms with Crippen molar-refractivity contribution in [2.45, 2.75) is 75.8 Å². The Hall–Kier alpha value is -2.71. The zero-order chi connectivity index (χ0) is 27.5. The van der Waals surface area contributed by atoms with Gasteiger partial charge in [0, 0.05) is 28.7 Å². The molecule has 0 unspecified atom stereocenters. The van der Waals surface area contributed by atoms with Gasteiger partial charge in [0.1, 0.15) is 11.5 Å². The maximum Gasteiger partial charge on any atom is 0.255 e. The number of fused-ring (bicyclic) bond motifs is 2. The van der Waals surface area contributed by atoms with Crippen LogP contribution in [0.15, 0.2) is 41.3 Å². The second kappa shape index (κ2) is 12.2. The van der Waals surface area contributed by atoms with Crippen molar-refractivity contribution in [2.24, 2.45) is 23.7 Å². The van der Waals surface area contributed by atoms with Crippen LogP contribution in [0.3, 0.4) is 0 Å². The van der Waals surface area contributed by atoms with Crippen LogP contribution in [0.25, 0.3) is 0 Å². The molecule has 0 radical (unpaired) electrons. The number of methoxy groups -OCH3 is 1. The predicted octanol–water partition coefficient (Wildman–Crippen LogP) is 6.40. The van der Waals surface area contributed by atoms with Crippen molar-refractivity contribution in [1.82, 2.24) is 5.32 Å². The van der Waals surface area contributed by atoms with Crippen LogP contribution >= 0.6 is 12.0 Å². The number of benzene rings is 2. The van der Waals surface area contributed by atoms with Crippen LogP contribution in [0.2, 0.25) is 0 Å². The van der Waals surface area contributed by atoms with Crippen molar-refractivity contribution in [3.8, 4) is 11.5 Å². The van der Waals surface area contributed by atoms with Crippen LogP contribution in [0.5, 0.6) is 11.5 Å². The Kier molecular flexibility index (Phi) is 8.72. The third kappa shape index (κ3) is 6.22. The molecule has 2 amide bonds. The summed E-state index contributed by atoms with van der Waals surface area (Å²) in [5, 5.41) is 6.34. The number of aryl methyl sites for hydroxylation is 1. The lowest BCUT2D eigenvalue weighted by atomic mass is 9.83. The summed E-state index contributed by atoms with van der Waals surface area (Å²) < 4.78 is 17.1. The van der Waals surface area contributed by atoms with Gasteiger partial charge >= 0.3 is 0 Å². The summed E-state index contributed by atoms with van der Waals surface area (Å²) in [7, 11) is 3.20. The first kappa shape index (κ1) is 27.8. The van der Waals surface area contributed by atoms with E-state index in [2.05, 4.69) is 17.6 Å². The number of rotatable bonds is 9. The molecule has 2 aromatic carbocycles. The molecule has 8 heteroatoms. The highest BCUT2D eigenvalue weighted by Gasteiger charge is 2.51. The molecule has 5 rings (SSSR count). The van der Waals surface area contributed by atoms with E-state index in [-0.39, 0.29) is 35.8 Å². The molecule has 4 atom stereocenters. The average molecular weight is 553 g/mol. The summed E-state index contributed by atoms with van der Waals surface area (Å²) in [6.45, 7) is 4.28. The van der Waals surface area contributed by atoms with Crippen LogP contribution in [0.1, 0.15) is 67.8 Å². The van der Waals surface area contributed by atoms with Crippen molar-refractivity contribution in [3.05, 3.63) is 47.5 Å². The van der Waals surface area contributed by atoms with Crippen LogP contribution in [-0.4, -0.2) is 38.2 Å². The van der Waals surface area contributed by atoms with Gasteiger partial charge in [-0.05, 0) is 106 Å². The summed E-state index contributed by atoms with van der Waals surface area (Å²) in [6.07, 6.45) is 7.56. The molecule has 2 N–H and O–H groups in total. The molecule has 0 heterocycles. The van der Waals surface area contributed by atoms with E-state index in [1.165, 1.54) is 12.0 Å². The zero-order valence-electron chi connectivity index (χ0n) is 23.3. The second-order valence-corrected chi connectivity index (χ2v) is 12.4. The summed E-state index contributed by atoms with van der Waals surface area (Å²) in [5.41, 5.74) is 2.13. The lowest BCUT2D eigenvalue weighted by Crippen LogP contribution is -2.48. The fourth-order valence-electron chi connectivity index (χ4n) is 6.71. The number of hydrogen-bond donors (Lipinski definition) is 2. The fraction of sp³-hybridized carbons (Fsp3) is 0.548. The third-order valence-corrected chi connectivity index (χ3v) is 9.41. The zero-order valence-corrected chi connectivity index (χ0v) is 24.1. The minimum Gasteiger partial charge on any atom is -0.496 e. The van der Waals surface area contributed by atoms with Gasteiger partial charge in [0.2, 0.25) is 5.91 Å². The van der Waals surface area contributed by atoms with E-state index >= 15 is 0 Å². The third-order valence-electron chi connectivity index (χ3n) is 8.80. The standard InChI is InChI=1S/C31H40N2O5S/c1-18-8-12-23(13-9-18)38-26-17-25(27(36-3)14-19(26)2)30(34)33-29-21-11-10-20(15-21)28(29)31(35)32-22-6-5-7-24(16-22)39-37-4/h5-7,14,16-18,20-21,23,28-29H,8-13,15H2,1-4H3,(H,32,35)(H,33,34)/t18?,20-,21+,23?,28+,29-/m1/s1. The first-order valence-corrected chi connectivity index (χ1v) is 14.9. The SMILES string of the molecule is COSc1cccc(NC(=O)[C@H]2[C@@H]3CC[C@@H](C3)[C@H]2NC(=O)c2cc(OC3CCC(C)CC3)c(C)cc2OC)c1. The quantitative estimate of drug-likeness (QED) is 0.350. The Bertz CT molecular complexity index is 1200. The van der Waals surface area contributed by atoms with Gasteiger partial charge in [-0.2, -0.15) is 0 Å². The number of hydrogen-bond acceptors (Lipinski definition) is 6. The van der Waals surface area contributed by atoms with Gasteiger partial charge in [-0.15, -0.1) is 0 Å². The van der Waals surface area contributed by atoms with Crippen LogP contribution < -0.4 is 20.1 Å². The van der Waals surface area contributed by atoms with Crippen molar-refractivity contribution < 1.29 is 23.2 Å². The van der Waals surface area contributed by atoms with Gasteiger partial charge in [-0.25, -0.2) is 0 Å². The van der Waals surface area contributed by atoms with Crippen molar-refractivity contribution in [3.63, 3.8) is 0 Å². The first-order chi connectivity index (χ1) is 18.9. The number of ether oxygens (including phenoxy) is 2. The molecule has 2 bridgehead atoms. The van der Waals surface area contributed by atoms with Crippen LogP contribution in [0, 0.1) is 30.6 Å². The molecular formula is C31H40N2O5S. The second-order valence-electron chi connectivity index (χ2n) is 11.4.